The molecule has 8 heteroatoms. The molecule has 1 saturated heterocycles. The first-order valence-corrected chi connectivity index (χ1v) is 8.31. The van der Waals surface area contributed by atoms with E-state index in [-0.39, 0.29) is 17.8 Å². The van der Waals surface area contributed by atoms with Crippen molar-refractivity contribution in [3.05, 3.63) is 46.2 Å². The summed E-state index contributed by atoms with van der Waals surface area (Å²) in [6, 6.07) is 5.95. The van der Waals surface area contributed by atoms with Gasteiger partial charge in [0.15, 0.2) is 5.13 Å². The lowest BCUT2D eigenvalue weighted by Crippen LogP contribution is -2.31. The molecule has 1 N–H and O–H groups in total. The predicted molar refractivity (Wildman–Crippen MR) is 89.8 cm³/mol. The van der Waals surface area contributed by atoms with E-state index in [0.29, 0.717) is 35.3 Å². The van der Waals surface area contributed by atoms with Gasteiger partial charge in [0.1, 0.15) is 10.7 Å². The highest BCUT2D eigenvalue weighted by Crippen LogP contribution is 2.29. The second-order valence-electron chi connectivity index (χ2n) is 5.47. The summed E-state index contributed by atoms with van der Waals surface area (Å²) in [6.45, 7) is 3.24. The highest BCUT2D eigenvalue weighted by Gasteiger charge is 2.32. The first kappa shape index (κ1) is 16.4. The molecular formula is C16H17FN4O2S. The number of aryl methyl sites for hydroxylation is 1. The standard InChI is InChI=1S/C16H17FN4O2S/c1-10-13(14(22)18-2)24-15(19-10)21-8-7-20(16(21)23)9-11-3-5-12(17)6-4-11/h3-6H,7-9H2,1-2H3,(H,18,22). The molecule has 0 unspecified atom stereocenters. The third kappa shape index (κ3) is 3.09. The fourth-order valence-corrected chi connectivity index (χ4v) is 3.57. The van der Waals surface area contributed by atoms with Crippen molar-refractivity contribution in [3.63, 3.8) is 0 Å². The van der Waals surface area contributed by atoms with Crippen LogP contribution in [0.2, 0.25) is 0 Å². The molecule has 126 valence electrons. The van der Waals surface area contributed by atoms with Crippen LogP contribution in [0.15, 0.2) is 24.3 Å². The molecule has 0 spiro atoms. The maximum absolute atomic E-state index is 13.0. The van der Waals surface area contributed by atoms with Crippen LogP contribution in [0.4, 0.5) is 14.3 Å². The van der Waals surface area contributed by atoms with Crippen molar-refractivity contribution in [2.75, 3.05) is 25.0 Å². The zero-order valence-corrected chi connectivity index (χ0v) is 14.2. The Bertz CT molecular complexity index is 775. The molecule has 0 atom stereocenters. The molecule has 1 aromatic heterocycles. The smallest absolute Gasteiger partial charge is 0.326 e. The lowest BCUT2D eigenvalue weighted by Gasteiger charge is -2.16. The van der Waals surface area contributed by atoms with E-state index in [1.807, 2.05) is 0 Å². The minimum atomic E-state index is -0.298. The highest BCUT2D eigenvalue weighted by molar-refractivity contribution is 7.17. The highest BCUT2D eigenvalue weighted by atomic mass is 32.1. The molecule has 2 aromatic rings. The van der Waals surface area contributed by atoms with Crippen LogP contribution in [0.5, 0.6) is 0 Å². The van der Waals surface area contributed by atoms with Crippen LogP contribution in [0, 0.1) is 12.7 Å². The maximum atomic E-state index is 13.0. The van der Waals surface area contributed by atoms with Gasteiger partial charge in [-0.15, -0.1) is 0 Å². The van der Waals surface area contributed by atoms with Gasteiger partial charge in [-0.2, -0.15) is 0 Å². The fourth-order valence-electron chi connectivity index (χ4n) is 2.54. The number of nitrogens with zero attached hydrogens (tertiary/aromatic N) is 3. The molecular weight excluding hydrogens is 331 g/mol. The largest absolute Gasteiger partial charge is 0.354 e. The van der Waals surface area contributed by atoms with E-state index in [0.717, 1.165) is 5.56 Å². The van der Waals surface area contributed by atoms with Gasteiger partial charge in [-0.25, -0.2) is 14.2 Å². The summed E-state index contributed by atoms with van der Waals surface area (Å²) in [5, 5.41) is 3.10. The van der Waals surface area contributed by atoms with E-state index in [4.69, 9.17) is 0 Å². The molecule has 6 nitrogen and oxygen atoms in total. The van der Waals surface area contributed by atoms with Crippen LogP contribution >= 0.6 is 11.3 Å². The van der Waals surface area contributed by atoms with Crippen LogP contribution in [0.1, 0.15) is 20.9 Å². The second kappa shape index (κ2) is 6.56. The first-order valence-electron chi connectivity index (χ1n) is 7.50. The van der Waals surface area contributed by atoms with E-state index < -0.39 is 0 Å². The molecule has 0 bridgehead atoms. The van der Waals surface area contributed by atoms with Crippen LogP contribution in [0.25, 0.3) is 0 Å². The number of anilines is 1. The summed E-state index contributed by atoms with van der Waals surface area (Å²) < 4.78 is 13.0. The summed E-state index contributed by atoms with van der Waals surface area (Å²) in [6.07, 6.45) is 0. The minimum absolute atomic E-state index is 0.156. The normalized spacial score (nSPS) is 14.4. The van der Waals surface area contributed by atoms with Crippen molar-refractivity contribution in [2.24, 2.45) is 0 Å². The van der Waals surface area contributed by atoms with Gasteiger partial charge in [0.05, 0.1) is 5.69 Å². The van der Waals surface area contributed by atoms with Crippen LogP contribution in [-0.2, 0) is 6.54 Å². The van der Waals surface area contributed by atoms with Crippen LogP contribution in [0.3, 0.4) is 0 Å². The molecule has 1 aliphatic rings. The Morgan fingerprint density at radius 2 is 2.04 bits per heavy atom. The number of hydrogen-bond donors (Lipinski definition) is 1. The molecule has 0 aliphatic carbocycles. The van der Waals surface area contributed by atoms with Crippen molar-refractivity contribution in [3.8, 4) is 0 Å². The zero-order valence-electron chi connectivity index (χ0n) is 13.4. The van der Waals surface area contributed by atoms with Crippen molar-refractivity contribution in [1.29, 1.82) is 0 Å². The number of benzene rings is 1. The lowest BCUT2D eigenvalue weighted by atomic mass is 10.2. The number of rotatable bonds is 4. The minimum Gasteiger partial charge on any atom is -0.354 e. The Balaban J connectivity index is 1.74. The summed E-state index contributed by atoms with van der Waals surface area (Å²) >= 11 is 1.21. The SMILES string of the molecule is CNC(=O)c1sc(N2CCN(Cc3ccc(F)cc3)C2=O)nc1C. The van der Waals surface area contributed by atoms with Gasteiger partial charge in [0, 0.05) is 26.7 Å². The van der Waals surface area contributed by atoms with Gasteiger partial charge >= 0.3 is 6.03 Å². The van der Waals surface area contributed by atoms with Crippen molar-refractivity contribution >= 4 is 28.4 Å². The molecule has 0 saturated carbocycles. The summed E-state index contributed by atoms with van der Waals surface area (Å²) in [5.74, 6) is -0.501. The number of carbonyl (C=O) groups is 2. The summed E-state index contributed by atoms with van der Waals surface area (Å²) in [5.41, 5.74) is 1.48. The topological polar surface area (TPSA) is 65.5 Å². The fraction of sp³-hybridized carbons (Fsp3) is 0.312. The molecule has 0 radical (unpaired) electrons. The Hall–Kier alpha value is -2.48. The molecule has 24 heavy (non-hydrogen) atoms. The molecule has 3 amide bonds. The second-order valence-corrected chi connectivity index (χ2v) is 6.45. The predicted octanol–water partition coefficient (Wildman–Crippen LogP) is 2.39. The number of halogens is 1. The van der Waals surface area contributed by atoms with Crippen molar-refractivity contribution in [2.45, 2.75) is 13.5 Å². The Labute approximate surface area is 142 Å². The number of hydrogen-bond acceptors (Lipinski definition) is 4. The number of thiazole rings is 1. The van der Waals surface area contributed by atoms with E-state index in [1.165, 1.54) is 23.5 Å². The Morgan fingerprint density at radius 3 is 2.71 bits per heavy atom. The quantitative estimate of drug-likeness (QED) is 0.923. The van der Waals surface area contributed by atoms with Crippen molar-refractivity contribution in [1.82, 2.24) is 15.2 Å². The lowest BCUT2D eigenvalue weighted by molar-refractivity contribution is 0.0966. The third-order valence-electron chi connectivity index (χ3n) is 3.83. The van der Waals surface area contributed by atoms with Gasteiger partial charge in [-0.1, -0.05) is 23.5 Å². The monoisotopic (exact) mass is 348 g/mol. The van der Waals surface area contributed by atoms with Gasteiger partial charge in [0.2, 0.25) is 0 Å². The number of aromatic nitrogens is 1. The van der Waals surface area contributed by atoms with E-state index in [2.05, 4.69) is 10.3 Å². The Morgan fingerprint density at radius 1 is 1.33 bits per heavy atom. The molecule has 1 aliphatic heterocycles. The van der Waals surface area contributed by atoms with Gasteiger partial charge in [0.25, 0.3) is 5.91 Å². The van der Waals surface area contributed by atoms with Gasteiger partial charge < -0.3 is 10.2 Å². The summed E-state index contributed by atoms with van der Waals surface area (Å²) in [7, 11) is 1.56. The average Bonchev–Trinajstić information content (AvgIpc) is 3.12. The summed E-state index contributed by atoms with van der Waals surface area (Å²) in [4.78, 5) is 32.5. The first-order chi connectivity index (χ1) is 11.5. The van der Waals surface area contributed by atoms with Gasteiger partial charge in [-0.05, 0) is 24.6 Å². The molecule has 2 heterocycles. The van der Waals surface area contributed by atoms with Crippen LogP contribution in [-0.4, -0.2) is 42.0 Å². The Kier molecular flexibility index (Phi) is 4.48. The molecule has 3 rings (SSSR count). The zero-order chi connectivity index (χ0) is 17.3. The van der Waals surface area contributed by atoms with E-state index >= 15 is 0 Å². The number of nitrogens with one attached hydrogen (secondary N) is 1. The van der Waals surface area contributed by atoms with Crippen molar-refractivity contribution < 1.29 is 14.0 Å². The average molecular weight is 348 g/mol. The molecule has 1 fully saturated rings. The van der Waals surface area contributed by atoms with E-state index in [9.17, 15) is 14.0 Å². The number of carbonyl (C=O) groups excluding carboxylic acids is 2. The molecule has 1 aromatic carbocycles. The number of amides is 3. The van der Waals surface area contributed by atoms with E-state index in [1.54, 1.807) is 35.9 Å². The third-order valence-corrected chi connectivity index (χ3v) is 5.01. The number of urea groups is 1. The van der Waals surface area contributed by atoms with Gasteiger partial charge in [-0.3, -0.25) is 9.69 Å². The maximum Gasteiger partial charge on any atom is 0.326 e. The van der Waals surface area contributed by atoms with Crippen LogP contribution < -0.4 is 10.2 Å².